The van der Waals surface area contributed by atoms with Gasteiger partial charge in [-0.15, -0.1) is 11.3 Å². The first kappa shape index (κ1) is 9.15. The Labute approximate surface area is 73.5 Å². The molecule has 0 saturated carbocycles. The van der Waals surface area contributed by atoms with Gasteiger partial charge in [0.25, 0.3) is 0 Å². The maximum absolute atomic E-state index is 10.5. The third kappa shape index (κ3) is 1.46. The quantitative estimate of drug-likeness (QED) is 0.716. The molecular formula is C7H9NO3S. The lowest BCUT2D eigenvalue weighted by molar-refractivity contribution is -0.157. The molecule has 1 heterocycles. The van der Waals surface area contributed by atoms with Crippen LogP contribution in [-0.4, -0.2) is 21.2 Å². The second-order valence-corrected chi connectivity index (χ2v) is 3.53. The highest BCUT2D eigenvalue weighted by Gasteiger charge is 2.35. The molecule has 1 atom stereocenters. The van der Waals surface area contributed by atoms with Gasteiger partial charge in [-0.1, -0.05) is 0 Å². The zero-order chi connectivity index (χ0) is 9.35. The summed E-state index contributed by atoms with van der Waals surface area (Å²) in [5.74, 6) is -1.28. The molecule has 1 unspecified atom stereocenters. The standard InChI is InChI=1S/C7H9NO3S/c1-4-3-12-5(8-4)7(2,11)6(9)10/h3,11H,1-2H3,(H,9,10). The van der Waals surface area contributed by atoms with Crippen molar-refractivity contribution < 1.29 is 15.0 Å². The predicted molar refractivity (Wildman–Crippen MR) is 44.1 cm³/mol. The summed E-state index contributed by atoms with van der Waals surface area (Å²) < 4.78 is 0. The number of carboxylic acids is 1. The Morgan fingerprint density at radius 2 is 2.33 bits per heavy atom. The van der Waals surface area contributed by atoms with Crippen LogP contribution in [0.2, 0.25) is 0 Å². The van der Waals surface area contributed by atoms with E-state index in [4.69, 9.17) is 5.11 Å². The molecule has 0 amide bonds. The van der Waals surface area contributed by atoms with Crippen LogP contribution in [0.25, 0.3) is 0 Å². The molecule has 0 spiro atoms. The Morgan fingerprint density at radius 3 is 2.67 bits per heavy atom. The van der Waals surface area contributed by atoms with Crippen LogP contribution in [0.15, 0.2) is 5.38 Å². The molecular weight excluding hydrogens is 178 g/mol. The molecule has 0 aliphatic heterocycles. The number of hydrogen-bond acceptors (Lipinski definition) is 4. The van der Waals surface area contributed by atoms with E-state index in [1.165, 1.54) is 6.92 Å². The van der Waals surface area contributed by atoms with Crippen LogP contribution in [0.5, 0.6) is 0 Å². The van der Waals surface area contributed by atoms with Crippen molar-refractivity contribution in [3.63, 3.8) is 0 Å². The van der Waals surface area contributed by atoms with Gasteiger partial charge in [0.15, 0.2) is 0 Å². The SMILES string of the molecule is Cc1csc(C(C)(O)C(=O)O)n1. The summed E-state index contributed by atoms with van der Waals surface area (Å²) in [7, 11) is 0. The zero-order valence-corrected chi connectivity index (χ0v) is 7.55. The van der Waals surface area contributed by atoms with Gasteiger partial charge >= 0.3 is 5.97 Å². The van der Waals surface area contributed by atoms with Gasteiger partial charge in [-0.25, -0.2) is 9.78 Å². The highest BCUT2D eigenvalue weighted by molar-refractivity contribution is 7.10. The monoisotopic (exact) mass is 187 g/mol. The molecule has 12 heavy (non-hydrogen) atoms. The average Bonchev–Trinajstić information content (AvgIpc) is 2.35. The number of aliphatic hydroxyl groups is 1. The summed E-state index contributed by atoms with van der Waals surface area (Å²) >= 11 is 1.14. The molecule has 66 valence electrons. The van der Waals surface area contributed by atoms with Gasteiger partial charge in [-0.05, 0) is 13.8 Å². The van der Waals surface area contributed by atoms with Gasteiger partial charge in [0.05, 0.1) is 0 Å². The van der Waals surface area contributed by atoms with Crippen molar-refractivity contribution in [3.8, 4) is 0 Å². The highest BCUT2D eigenvalue weighted by Crippen LogP contribution is 2.23. The van der Waals surface area contributed by atoms with Gasteiger partial charge in [0, 0.05) is 11.1 Å². The van der Waals surface area contributed by atoms with E-state index < -0.39 is 11.6 Å². The second-order valence-electron chi connectivity index (χ2n) is 2.67. The number of aryl methyl sites for hydroxylation is 1. The van der Waals surface area contributed by atoms with E-state index in [0.29, 0.717) is 0 Å². The van der Waals surface area contributed by atoms with Gasteiger partial charge < -0.3 is 10.2 Å². The Kier molecular flexibility index (Phi) is 2.16. The van der Waals surface area contributed by atoms with E-state index >= 15 is 0 Å². The van der Waals surface area contributed by atoms with E-state index in [1.807, 2.05) is 0 Å². The average molecular weight is 187 g/mol. The summed E-state index contributed by atoms with van der Waals surface area (Å²) in [6.45, 7) is 2.96. The van der Waals surface area contributed by atoms with Crippen LogP contribution in [0.1, 0.15) is 17.6 Å². The van der Waals surface area contributed by atoms with E-state index in [-0.39, 0.29) is 5.01 Å². The third-order valence-electron chi connectivity index (χ3n) is 1.45. The number of aliphatic carboxylic acids is 1. The Morgan fingerprint density at radius 1 is 1.75 bits per heavy atom. The van der Waals surface area contributed by atoms with Crippen molar-refractivity contribution in [1.82, 2.24) is 4.98 Å². The topological polar surface area (TPSA) is 70.4 Å². The Bertz CT molecular complexity index is 305. The third-order valence-corrected chi connectivity index (χ3v) is 2.62. The van der Waals surface area contributed by atoms with Crippen LogP contribution < -0.4 is 0 Å². The number of aromatic nitrogens is 1. The summed E-state index contributed by atoms with van der Waals surface area (Å²) in [6, 6.07) is 0. The molecule has 2 N–H and O–H groups in total. The minimum Gasteiger partial charge on any atom is -0.479 e. The molecule has 5 heteroatoms. The predicted octanol–water partition coefficient (Wildman–Crippen LogP) is 0.744. The molecule has 0 bridgehead atoms. The number of carbonyl (C=O) groups is 1. The van der Waals surface area contributed by atoms with E-state index in [2.05, 4.69) is 4.98 Å². The van der Waals surface area contributed by atoms with Crippen LogP contribution in [0.4, 0.5) is 0 Å². The Hall–Kier alpha value is -0.940. The first-order valence-electron chi connectivity index (χ1n) is 3.33. The molecule has 1 aromatic heterocycles. The van der Waals surface area contributed by atoms with Crippen molar-refractivity contribution in [1.29, 1.82) is 0 Å². The van der Waals surface area contributed by atoms with Crippen LogP contribution in [0, 0.1) is 6.92 Å². The fourth-order valence-corrected chi connectivity index (χ4v) is 1.52. The Balaban J connectivity index is 3.05. The fraction of sp³-hybridized carbons (Fsp3) is 0.429. The molecule has 0 aliphatic carbocycles. The maximum Gasteiger partial charge on any atom is 0.342 e. The lowest BCUT2D eigenvalue weighted by Gasteiger charge is -2.13. The van der Waals surface area contributed by atoms with Crippen molar-refractivity contribution in [2.75, 3.05) is 0 Å². The molecule has 4 nitrogen and oxygen atoms in total. The first-order chi connectivity index (χ1) is 5.44. The van der Waals surface area contributed by atoms with E-state index in [0.717, 1.165) is 17.0 Å². The molecule has 0 aromatic carbocycles. The number of thiazole rings is 1. The zero-order valence-electron chi connectivity index (χ0n) is 6.74. The smallest absolute Gasteiger partial charge is 0.342 e. The number of hydrogen-bond donors (Lipinski definition) is 2. The highest BCUT2D eigenvalue weighted by atomic mass is 32.1. The van der Waals surface area contributed by atoms with Crippen LogP contribution in [0.3, 0.4) is 0 Å². The summed E-state index contributed by atoms with van der Waals surface area (Å²) in [5, 5.41) is 20.0. The van der Waals surface area contributed by atoms with Crippen molar-refractivity contribution >= 4 is 17.3 Å². The van der Waals surface area contributed by atoms with Crippen molar-refractivity contribution in [2.24, 2.45) is 0 Å². The van der Waals surface area contributed by atoms with E-state index in [9.17, 15) is 9.90 Å². The molecule has 0 fully saturated rings. The largest absolute Gasteiger partial charge is 0.479 e. The fourth-order valence-electron chi connectivity index (χ4n) is 0.669. The summed E-state index contributed by atoms with van der Waals surface area (Å²) in [4.78, 5) is 14.4. The van der Waals surface area contributed by atoms with Crippen LogP contribution in [-0.2, 0) is 10.4 Å². The minimum absolute atomic E-state index is 0.215. The summed E-state index contributed by atoms with van der Waals surface area (Å²) in [6.07, 6.45) is 0. The minimum atomic E-state index is -1.86. The van der Waals surface area contributed by atoms with Crippen molar-refractivity contribution in [3.05, 3.63) is 16.1 Å². The lowest BCUT2D eigenvalue weighted by atomic mass is 10.1. The summed E-state index contributed by atoms with van der Waals surface area (Å²) in [5.41, 5.74) is -1.14. The lowest BCUT2D eigenvalue weighted by Crippen LogP contribution is -2.31. The molecule has 1 aromatic rings. The second kappa shape index (κ2) is 2.84. The first-order valence-corrected chi connectivity index (χ1v) is 4.21. The van der Waals surface area contributed by atoms with Crippen LogP contribution >= 0.6 is 11.3 Å². The molecule has 0 aliphatic rings. The molecule has 0 radical (unpaired) electrons. The molecule has 0 saturated heterocycles. The van der Waals surface area contributed by atoms with Gasteiger partial charge in [0.1, 0.15) is 5.01 Å². The number of carboxylic acid groups (broad SMARTS) is 1. The maximum atomic E-state index is 10.5. The van der Waals surface area contributed by atoms with Crippen molar-refractivity contribution in [2.45, 2.75) is 19.4 Å². The number of rotatable bonds is 2. The number of nitrogens with zero attached hydrogens (tertiary/aromatic N) is 1. The van der Waals surface area contributed by atoms with Gasteiger partial charge in [-0.2, -0.15) is 0 Å². The van der Waals surface area contributed by atoms with Gasteiger partial charge in [-0.3, -0.25) is 0 Å². The molecule has 1 rings (SSSR count). The van der Waals surface area contributed by atoms with Gasteiger partial charge in [0.2, 0.25) is 5.60 Å². The normalized spacial score (nSPS) is 15.6. The van der Waals surface area contributed by atoms with E-state index in [1.54, 1.807) is 12.3 Å².